The molecular weight excluding hydrogens is 272 g/mol. The number of hydrogen-bond acceptors (Lipinski definition) is 4. The smallest absolute Gasteiger partial charge is 0.186 e. The molecule has 6 heteroatoms. The number of anilines is 1. The zero-order valence-electron chi connectivity index (χ0n) is 12.0. The molecule has 0 bridgehead atoms. The fraction of sp³-hybridized carbons (Fsp3) is 0.429. The summed E-state index contributed by atoms with van der Waals surface area (Å²) in [7, 11) is 0. The predicted molar refractivity (Wildman–Crippen MR) is 87.9 cm³/mol. The summed E-state index contributed by atoms with van der Waals surface area (Å²) in [6.07, 6.45) is 0.913. The van der Waals surface area contributed by atoms with Gasteiger partial charge >= 0.3 is 0 Å². The van der Waals surface area contributed by atoms with Gasteiger partial charge in [0.2, 0.25) is 0 Å². The number of hydrogen-bond donors (Lipinski definition) is 3. The first kappa shape index (κ1) is 16.4. The van der Waals surface area contributed by atoms with E-state index in [1.54, 1.807) is 0 Å². The van der Waals surface area contributed by atoms with Gasteiger partial charge in [-0.25, -0.2) is 0 Å². The lowest BCUT2D eigenvalue weighted by molar-refractivity contribution is 0.145. The van der Waals surface area contributed by atoms with E-state index in [4.69, 9.17) is 22.7 Å². The third-order valence-corrected chi connectivity index (χ3v) is 2.84. The first-order valence-corrected chi connectivity index (χ1v) is 7.06. The molecule has 0 aliphatic heterocycles. The zero-order valence-corrected chi connectivity index (χ0v) is 12.8. The van der Waals surface area contributed by atoms with Crippen LogP contribution in [0.25, 0.3) is 0 Å². The number of nitrogen functional groups attached to an aromatic ring is 1. The molecule has 0 aliphatic carbocycles. The van der Waals surface area contributed by atoms with Crippen LogP contribution in [0.5, 0.6) is 0 Å². The minimum Gasteiger partial charge on any atom is -0.399 e. The van der Waals surface area contributed by atoms with E-state index in [1.165, 1.54) is 0 Å². The van der Waals surface area contributed by atoms with Crippen LogP contribution in [0.4, 0.5) is 5.69 Å². The number of thiocarbonyl (C=S) groups is 1. The van der Waals surface area contributed by atoms with E-state index in [0.717, 1.165) is 43.1 Å². The molecule has 20 heavy (non-hydrogen) atoms. The highest BCUT2D eigenvalue weighted by Crippen LogP contribution is 2.06. The molecule has 0 saturated carbocycles. The second kappa shape index (κ2) is 9.28. The maximum Gasteiger partial charge on any atom is 0.186 e. The first-order valence-electron chi connectivity index (χ1n) is 6.65. The van der Waals surface area contributed by atoms with E-state index in [9.17, 15) is 0 Å². The van der Waals surface area contributed by atoms with Gasteiger partial charge in [-0.2, -0.15) is 5.10 Å². The summed E-state index contributed by atoms with van der Waals surface area (Å²) in [6, 6.07) is 7.54. The van der Waals surface area contributed by atoms with E-state index in [1.807, 2.05) is 38.1 Å². The van der Waals surface area contributed by atoms with Gasteiger partial charge in [0.1, 0.15) is 0 Å². The van der Waals surface area contributed by atoms with E-state index in [0.29, 0.717) is 5.11 Å². The van der Waals surface area contributed by atoms with Gasteiger partial charge in [0.25, 0.3) is 0 Å². The van der Waals surface area contributed by atoms with Gasteiger partial charge in [-0.3, -0.25) is 5.43 Å². The number of rotatable bonds is 7. The Bertz CT molecular complexity index is 445. The summed E-state index contributed by atoms with van der Waals surface area (Å²) in [6.45, 7) is 6.14. The lowest BCUT2D eigenvalue weighted by Gasteiger charge is -2.08. The van der Waals surface area contributed by atoms with Crippen molar-refractivity contribution in [3.8, 4) is 0 Å². The molecule has 0 aromatic heterocycles. The third kappa shape index (κ3) is 6.49. The van der Waals surface area contributed by atoms with Crippen LogP contribution in [0.2, 0.25) is 0 Å². The molecule has 0 aliphatic rings. The second-order valence-electron chi connectivity index (χ2n) is 4.24. The Labute approximate surface area is 125 Å². The standard InChI is InChI=1S/C14H22N4OS/c1-3-19-10-4-9-16-14(20)18-17-11(2)12-5-7-13(15)8-6-12/h5-8H,3-4,9-10,15H2,1-2H3,(H2,16,18,20)/b17-11-. The van der Waals surface area contributed by atoms with Gasteiger partial charge in [-0.1, -0.05) is 12.1 Å². The Hall–Kier alpha value is -1.66. The normalized spacial score (nSPS) is 11.2. The van der Waals surface area contributed by atoms with Crippen molar-refractivity contribution in [2.24, 2.45) is 5.10 Å². The Morgan fingerprint density at radius 1 is 1.35 bits per heavy atom. The summed E-state index contributed by atoms with van der Waals surface area (Å²) in [5, 5.41) is 7.81. The van der Waals surface area contributed by atoms with Crippen LogP contribution in [0.1, 0.15) is 25.8 Å². The summed E-state index contributed by atoms with van der Waals surface area (Å²) in [5.74, 6) is 0. The monoisotopic (exact) mass is 294 g/mol. The Morgan fingerprint density at radius 2 is 2.05 bits per heavy atom. The minimum atomic E-state index is 0.510. The highest BCUT2D eigenvalue weighted by Gasteiger charge is 1.98. The average Bonchev–Trinajstić information content (AvgIpc) is 2.45. The number of ether oxygens (including phenoxy) is 1. The molecule has 4 N–H and O–H groups in total. The van der Waals surface area contributed by atoms with E-state index >= 15 is 0 Å². The second-order valence-corrected chi connectivity index (χ2v) is 4.65. The molecule has 110 valence electrons. The van der Waals surface area contributed by atoms with Crippen molar-refractivity contribution in [1.82, 2.24) is 10.7 Å². The van der Waals surface area contributed by atoms with Crippen LogP contribution in [0.15, 0.2) is 29.4 Å². The Morgan fingerprint density at radius 3 is 2.70 bits per heavy atom. The quantitative estimate of drug-likeness (QED) is 0.235. The summed E-state index contributed by atoms with van der Waals surface area (Å²) in [4.78, 5) is 0. The van der Waals surface area contributed by atoms with Crippen molar-refractivity contribution in [1.29, 1.82) is 0 Å². The number of benzene rings is 1. The molecule has 0 saturated heterocycles. The molecule has 0 unspecified atom stereocenters. The van der Waals surface area contributed by atoms with Gasteiger partial charge in [0.05, 0.1) is 5.71 Å². The molecule has 0 atom stereocenters. The fourth-order valence-electron chi connectivity index (χ4n) is 1.48. The van der Waals surface area contributed by atoms with Gasteiger partial charge in [-0.05, 0) is 50.2 Å². The van der Waals surface area contributed by atoms with E-state index in [-0.39, 0.29) is 0 Å². The molecule has 0 amide bonds. The van der Waals surface area contributed by atoms with Crippen molar-refractivity contribution >= 4 is 28.7 Å². The molecule has 1 rings (SSSR count). The maximum atomic E-state index is 5.64. The predicted octanol–water partition coefficient (Wildman–Crippen LogP) is 1.88. The van der Waals surface area contributed by atoms with Gasteiger partial charge in [-0.15, -0.1) is 0 Å². The largest absolute Gasteiger partial charge is 0.399 e. The lowest BCUT2D eigenvalue weighted by Crippen LogP contribution is -2.33. The molecule has 0 fully saturated rings. The van der Waals surface area contributed by atoms with E-state index < -0.39 is 0 Å². The number of nitrogens with zero attached hydrogens (tertiary/aromatic N) is 1. The molecule has 0 heterocycles. The van der Waals surface area contributed by atoms with Crippen molar-refractivity contribution in [3.05, 3.63) is 29.8 Å². The average molecular weight is 294 g/mol. The van der Waals surface area contributed by atoms with Crippen LogP contribution >= 0.6 is 12.2 Å². The molecule has 1 aromatic carbocycles. The molecular formula is C14H22N4OS. The number of nitrogens with one attached hydrogen (secondary N) is 2. The fourth-order valence-corrected chi connectivity index (χ4v) is 1.63. The van der Waals surface area contributed by atoms with Crippen LogP contribution in [-0.4, -0.2) is 30.6 Å². The minimum absolute atomic E-state index is 0.510. The van der Waals surface area contributed by atoms with Gasteiger partial charge < -0.3 is 15.8 Å². The molecule has 1 aromatic rings. The zero-order chi connectivity index (χ0) is 14.8. The first-order chi connectivity index (χ1) is 9.63. The van der Waals surface area contributed by atoms with Gasteiger partial charge in [0, 0.05) is 25.4 Å². The van der Waals surface area contributed by atoms with E-state index in [2.05, 4.69) is 15.8 Å². The summed E-state index contributed by atoms with van der Waals surface area (Å²) < 4.78 is 5.24. The molecule has 5 nitrogen and oxygen atoms in total. The highest BCUT2D eigenvalue weighted by molar-refractivity contribution is 7.80. The van der Waals surface area contributed by atoms with Crippen molar-refractivity contribution in [3.63, 3.8) is 0 Å². The van der Waals surface area contributed by atoms with Crippen LogP contribution < -0.4 is 16.5 Å². The Balaban J connectivity index is 2.31. The van der Waals surface area contributed by atoms with Crippen LogP contribution in [0, 0.1) is 0 Å². The third-order valence-electron chi connectivity index (χ3n) is 2.61. The number of nitrogens with two attached hydrogens (primary N) is 1. The highest BCUT2D eigenvalue weighted by atomic mass is 32.1. The lowest BCUT2D eigenvalue weighted by atomic mass is 10.1. The van der Waals surface area contributed by atoms with Crippen molar-refractivity contribution < 1.29 is 4.74 Å². The topological polar surface area (TPSA) is 71.7 Å². The van der Waals surface area contributed by atoms with Gasteiger partial charge in [0.15, 0.2) is 5.11 Å². The Kier molecular flexibility index (Phi) is 7.60. The van der Waals surface area contributed by atoms with Crippen molar-refractivity contribution in [2.75, 3.05) is 25.5 Å². The summed E-state index contributed by atoms with van der Waals surface area (Å²) in [5.41, 5.74) is 11.1. The number of hydrazone groups is 1. The SMILES string of the molecule is CCOCCCNC(=S)N/N=C(/C)c1ccc(N)cc1. The van der Waals surface area contributed by atoms with Crippen molar-refractivity contribution in [2.45, 2.75) is 20.3 Å². The van der Waals surface area contributed by atoms with Crippen LogP contribution in [-0.2, 0) is 4.74 Å². The van der Waals surface area contributed by atoms with Crippen LogP contribution in [0.3, 0.4) is 0 Å². The molecule has 0 spiro atoms. The molecule has 0 radical (unpaired) electrons. The maximum absolute atomic E-state index is 5.64. The summed E-state index contributed by atoms with van der Waals surface area (Å²) >= 11 is 5.13.